The maximum absolute atomic E-state index is 5.53. The number of hydrogen-bond acceptors (Lipinski definition) is 3. The Morgan fingerprint density at radius 3 is 2.82 bits per heavy atom. The van der Waals surface area contributed by atoms with Crippen molar-refractivity contribution in [3.05, 3.63) is 18.0 Å². The summed E-state index contributed by atoms with van der Waals surface area (Å²) < 4.78 is 7.44. The van der Waals surface area contributed by atoms with Gasteiger partial charge in [-0.15, -0.1) is 0 Å². The molecule has 1 aromatic heterocycles. The van der Waals surface area contributed by atoms with Gasteiger partial charge < -0.3 is 10.1 Å². The van der Waals surface area contributed by atoms with E-state index in [2.05, 4.69) is 30.3 Å². The van der Waals surface area contributed by atoms with Crippen LogP contribution in [0.15, 0.2) is 12.3 Å². The Morgan fingerprint density at radius 1 is 1.35 bits per heavy atom. The first-order valence-corrected chi connectivity index (χ1v) is 6.45. The second kappa shape index (κ2) is 8.25. The molecule has 0 fully saturated rings. The lowest BCUT2D eigenvalue weighted by Crippen LogP contribution is -2.23. The lowest BCUT2D eigenvalue weighted by molar-refractivity contribution is 0.125. The Morgan fingerprint density at radius 2 is 2.18 bits per heavy atom. The predicted octanol–water partition coefficient (Wildman–Crippen LogP) is 1.61. The molecule has 0 aliphatic heterocycles. The van der Waals surface area contributed by atoms with Crippen molar-refractivity contribution in [3.8, 4) is 0 Å². The lowest BCUT2D eigenvalue weighted by atomic mass is 10.1. The van der Waals surface area contributed by atoms with Gasteiger partial charge in [0.15, 0.2) is 0 Å². The van der Waals surface area contributed by atoms with Crippen molar-refractivity contribution >= 4 is 0 Å². The molecule has 1 aromatic rings. The average molecular weight is 239 g/mol. The summed E-state index contributed by atoms with van der Waals surface area (Å²) in [4.78, 5) is 0. The molecule has 0 atom stereocenters. The molecule has 4 nitrogen and oxygen atoms in total. The number of hydrogen-bond donors (Lipinski definition) is 1. The predicted molar refractivity (Wildman–Crippen MR) is 70.1 cm³/mol. The molecule has 0 amide bonds. The molecule has 4 heteroatoms. The van der Waals surface area contributed by atoms with E-state index in [1.165, 1.54) is 5.69 Å². The van der Waals surface area contributed by atoms with Crippen LogP contribution in [-0.2, 0) is 18.2 Å². The Hall–Kier alpha value is -0.870. The minimum atomic E-state index is 0.729. The van der Waals surface area contributed by atoms with Gasteiger partial charge in [-0.2, -0.15) is 5.10 Å². The third-order valence-electron chi connectivity index (χ3n) is 2.74. The summed E-state index contributed by atoms with van der Waals surface area (Å²) >= 11 is 0. The van der Waals surface area contributed by atoms with Gasteiger partial charge in [0.2, 0.25) is 0 Å². The van der Waals surface area contributed by atoms with Gasteiger partial charge in [0.25, 0.3) is 0 Å². The van der Waals surface area contributed by atoms with Crippen molar-refractivity contribution in [1.29, 1.82) is 0 Å². The Balaban J connectivity index is 1.90. The highest BCUT2D eigenvalue weighted by Crippen LogP contribution is 1.98. The quantitative estimate of drug-likeness (QED) is 0.666. The topological polar surface area (TPSA) is 39.1 Å². The molecule has 0 spiro atoms. The number of nitrogens with one attached hydrogen (secondary N) is 1. The minimum Gasteiger partial charge on any atom is -0.380 e. The van der Waals surface area contributed by atoms with Crippen LogP contribution in [0.5, 0.6) is 0 Å². The molecule has 17 heavy (non-hydrogen) atoms. The molecule has 0 bridgehead atoms. The summed E-state index contributed by atoms with van der Waals surface area (Å²) in [6, 6.07) is 2.06. The third kappa shape index (κ3) is 6.44. The van der Waals surface area contributed by atoms with E-state index in [0.29, 0.717) is 0 Å². The van der Waals surface area contributed by atoms with E-state index in [9.17, 15) is 0 Å². The van der Waals surface area contributed by atoms with Crippen LogP contribution >= 0.6 is 0 Å². The smallest absolute Gasteiger partial charge is 0.0590 e. The summed E-state index contributed by atoms with van der Waals surface area (Å²) in [7, 11) is 1.98. The zero-order chi connectivity index (χ0) is 12.5. The van der Waals surface area contributed by atoms with Gasteiger partial charge in [0, 0.05) is 45.1 Å². The van der Waals surface area contributed by atoms with Gasteiger partial charge in [-0.1, -0.05) is 13.8 Å². The molecule has 0 saturated carbocycles. The van der Waals surface area contributed by atoms with Crippen LogP contribution in [0.25, 0.3) is 0 Å². The molecule has 0 saturated heterocycles. The van der Waals surface area contributed by atoms with Gasteiger partial charge in [-0.05, 0) is 18.4 Å². The standard InChI is InChI=1S/C13H25N3O/c1-12(2)6-10-17-11-9-14-7-4-13-5-8-15-16(13)3/h5,8,12,14H,4,6-7,9-11H2,1-3H3. The maximum Gasteiger partial charge on any atom is 0.0590 e. The van der Waals surface area contributed by atoms with Gasteiger partial charge in [0.05, 0.1) is 6.61 Å². The summed E-state index contributed by atoms with van der Waals surface area (Å²) in [5.41, 5.74) is 1.26. The largest absolute Gasteiger partial charge is 0.380 e. The van der Waals surface area contributed by atoms with Crippen LogP contribution in [0.3, 0.4) is 0 Å². The van der Waals surface area contributed by atoms with Gasteiger partial charge >= 0.3 is 0 Å². The molecular weight excluding hydrogens is 214 g/mol. The molecule has 0 aliphatic rings. The van der Waals surface area contributed by atoms with E-state index < -0.39 is 0 Å². The van der Waals surface area contributed by atoms with E-state index in [4.69, 9.17) is 4.74 Å². The fraction of sp³-hybridized carbons (Fsp3) is 0.769. The van der Waals surface area contributed by atoms with Crippen molar-refractivity contribution in [1.82, 2.24) is 15.1 Å². The highest BCUT2D eigenvalue weighted by atomic mass is 16.5. The maximum atomic E-state index is 5.53. The van der Waals surface area contributed by atoms with Crippen LogP contribution in [0, 0.1) is 5.92 Å². The van der Waals surface area contributed by atoms with Gasteiger partial charge in [-0.25, -0.2) is 0 Å². The van der Waals surface area contributed by atoms with E-state index >= 15 is 0 Å². The molecule has 1 heterocycles. The Labute approximate surface area is 104 Å². The molecule has 98 valence electrons. The van der Waals surface area contributed by atoms with Crippen LogP contribution in [0.2, 0.25) is 0 Å². The summed E-state index contributed by atoms with van der Waals surface area (Å²) in [5.74, 6) is 0.729. The van der Waals surface area contributed by atoms with Crippen LogP contribution in [-0.4, -0.2) is 36.1 Å². The fourth-order valence-corrected chi connectivity index (χ4v) is 1.55. The number of ether oxygens (including phenoxy) is 1. The fourth-order valence-electron chi connectivity index (χ4n) is 1.55. The zero-order valence-electron chi connectivity index (χ0n) is 11.3. The van der Waals surface area contributed by atoms with Crippen LogP contribution < -0.4 is 5.32 Å². The first-order chi connectivity index (χ1) is 8.20. The van der Waals surface area contributed by atoms with E-state index in [1.54, 1.807) is 0 Å². The van der Waals surface area contributed by atoms with Crippen molar-refractivity contribution < 1.29 is 4.74 Å². The Bertz CT molecular complexity index is 297. The minimum absolute atomic E-state index is 0.729. The molecule has 1 N–H and O–H groups in total. The highest BCUT2D eigenvalue weighted by Gasteiger charge is 1.97. The molecule has 0 aliphatic carbocycles. The number of rotatable bonds is 9. The molecule has 1 rings (SSSR count). The van der Waals surface area contributed by atoms with E-state index in [-0.39, 0.29) is 0 Å². The number of aromatic nitrogens is 2. The van der Waals surface area contributed by atoms with Gasteiger partial charge in [0.1, 0.15) is 0 Å². The Kier molecular flexibility index (Phi) is 6.89. The van der Waals surface area contributed by atoms with Crippen molar-refractivity contribution in [2.75, 3.05) is 26.3 Å². The molecule has 0 aromatic carbocycles. The van der Waals surface area contributed by atoms with Crippen LogP contribution in [0.4, 0.5) is 0 Å². The molecule has 0 radical (unpaired) electrons. The molecule has 0 unspecified atom stereocenters. The second-order valence-electron chi connectivity index (χ2n) is 4.74. The normalized spacial score (nSPS) is 11.3. The SMILES string of the molecule is CC(C)CCOCCNCCc1ccnn1C. The zero-order valence-corrected chi connectivity index (χ0v) is 11.3. The van der Waals surface area contributed by atoms with E-state index in [1.807, 2.05) is 17.9 Å². The molecular formula is C13H25N3O. The second-order valence-corrected chi connectivity index (χ2v) is 4.74. The number of aryl methyl sites for hydroxylation is 1. The monoisotopic (exact) mass is 239 g/mol. The summed E-state index contributed by atoms with van der Waals surface area (Å²) in [5, 5.41) is 7.51. The van der Waals surface area contributed by atoms with Crippen molar-refractivity contribution in [3.63, 3.8) is 0 Å². The third-order valence-corrected chi connectivity index (χ3v) is 2.74. The first-order valence-electron chi connectivity index (χ1n) is 6.45. The average Bonchev–Trinajstić information content (AvgIpc) is 2.68. The highest BCUT2D eigenvalue weighted by molar-refractivity contribution is 5.00. The first kappa shape index (κ1) is 14.2. The van der Waals surface area contributed by atoms with Gasteiger partial charge in [-0.3, -0.25) is 4.68 Å². The van der Waals surface area contributed by atoms with Crippen molar-refractivity contribution in [2.45, 2.75) is 26.7 Å². The number of nitrogens with zero attached hydrogens (tertiary/aromatic N) is 2. The van der Waals surface area contributed by atoms with Crippen molar-refractivity contribution in [2.24, 2.45) is 13.0 Å². The van der Waals surface area contributed by atoms with E-state index in [0.717, 1.165) is 45.1 Å². The lowest BCUT2D eigenvalue weighted by Gasteiger charge is -2.07. The summed E-state index contributed by atoms with van der Waals surface area (Å²) in [6.45, 7) is 8.02. The summed E-state index contributed by atoms with van der Waals surface area (Å²) in [6.07, 6.45) is 4.00. The van der Waals surface area contributed by atoms with Crippen LogP contribution in [0.1, 0.15) is 26.0 Å².